The first-order valence-electron chi connectivity index (χ1n) is 7.54. The molecule has 0 aromatic heterocycles. The molecule has 0 radical (unpaired) electrons. The molecule has 1 aliphatic rings. The van der Waals surface area contributed by atoms with Gasteiger partial charge in [-0.05, 0) is 51.7 Å². The summed E-state index contributed by atoms with van der Waals surface area (Å²) in [5.41, 5.74) is 2.24. The van der Waals surface area contributed by atoms with Gasteiger partial charge in [-0.3, -0.25) is 0 Å². The first-order valence-corrected chi connectivity index (χ1v) is 8.98. The number of nitrogens with zero attached hydrogens (tertiary/aromatic N) is 1. The van der Waals surface area contributed by atoms with Crippen LogP contribution in [0.2, 0.25) is 0 Å². The van der Waals surface area contributed by atoms with Gasteiger partial charge in [-0.15, -0.1) is 0 Å². The van der Waals surface area contributed by atoms with E-state index in [1.807, 2.05) is 32.9 Å². The van der Waals surface area contributed by atoms with E-state index in [1.54, 1.807) is 16.4 Å². The Kier molecular flexibility index (Phi) is 4.89. The predicted molar refractivity (Wildman–Crippen MR) is 86.7 cm³/mol. The van der Waals surface area contributed by atoms with Crippen LogP contribution in [0.15, 0.2) is 40.8 Å². The highest BCUT2D eigenvalue weighted by atomic mass is 32.2. The first-order chi connectivity index (χ1) is 9.80. The van der Waals surface area contributed by atoms with Crippen molar-refractivity contribution in [3.8, 4) is 0 Å². The highest BCUT2D eigenvalue weighted by Crippen LogP contribution is 2.29. The number of rotatable bonds is 3. The molecule has 0 spiro atoms. The van der Waals surface area contributed by atoms with Gasteiger partial charge in [0.05, 0.1) is 4.90 Å². The fourth-order valence-corrected chi connectivity index (χ4v) is 4.44. The molecule has 1 aliphatic heterocycles. The first kappa shape index (κ1) is 16.2. The topological polar surface area (TPSA) is 37.4 Å². The van der Waals surface area contributed by atoms with Gasteiger partial charge in [0.1, 0.15) is 0 Å². The van der Waals surface area contributed by atoms with Crippen LogP contribution in [0.4, 0.5) is 0 Å². The van der Waals surface area contributed by atoms with Gasteiger partial charge in [-0.2, -0.15) is 4.31 Å². The van der Waals surface area contributed by atoms with Crippen LogP contribution >= 0.6 is 0 Å². The van der Waals surface area contributed by atoms with E-state index in [4.69, 9.17) is 0 Å². The van der Waals surface area contributed by atoms with Gasteiger partial charge >= 0.3 is 0 Å². The molecule has 1 aromatic rings. The molecule has 0 aliphatic carbocycles. The van der Waals surface area contributed by atoms with Crippen molar-refractivity contribution in [2.45, 2.75) is 51.5 Å². The molecule has 1 saturated heterocycles. The van der Waals surface area contributed by atoms with Crippen LogP contribution in [0.25, 0.3) is 0 Å². The number of piperidine rings is 1. The largest absolute Gasteiger partial charge is 0.243 e. The SMILES string of the molecule is CC(C)=C[C@H]1C[C@H](C)CCN1S(=O)(=O)c1ccc(C)cc1. The van der Waals surface area contributed by atoms with Crippen LogP contribution < -0.4 is 0 Å². The Morgan fingerprint density at radius 3 is 2.43 bits per heavy atom. The van der Waals surface area contributed by atoms with Crippen molar-refractivity contribution in [1.82, 2.24) is 4.31 Å². The molecule has 0 amide bonds. The number of aryl methyl sites for hydroxylation is 1. The zero-order valence-corrected chi connectivity index (χ0v) is 14.2. The van der Waals surface area contributed by atoms with Gasteiger partial charge in [-0.1, -0.05) is 36.3 Å². The Labute approximate surface area is 128 Å². The fraction of sp³-hybridized carbons (Fsp3) is 0.529. The third kappa shape index (κ3) is 3.74. The molecule has 3 nitrogen and oxygen atoms in total. The molecule has 1 heterocycles. The summed E-state index contributed by atoms with van der Waals surface area (Å²) < 4.78 is 27.5. The second-order valence-electron chi connectivity index (χ2n) is 6.37. The third-order valence-corrected chi connectivity index (χ3v) is 5.95. The maximum Gasteiger partial charge on any atom is 0.243 e. The molecule has 1 aromatic carbocycles. The van der Waals surface area contributed by atoms with Gasteiger partial charge in [0.2, 0.25) is 10.0 Å². The summed E-state index contributed by atoms with van der Waals surface area (Å²) in [7, 11) is -3.41. The van der Waals surface area contributed by atoms with Crippen molar-refractivity contribution in [1.29, 1.82) is 0 Å². The van der Waals surface area contributed by atoms with E-state index in [2.05, 4.69) is 13.0 Å². The number of hydrogen-bond donors (Lipinski definition) is 0. The Bertz CT molecular complexity index is 613. The second kappa shape index (κ2) is 6.32. The maximum absolute atomic E-state index is 12.9. The van der Waals surface area contributed by atoms with Gasteiger partial charge in [0, 0.05) is 12.6 Å². The minimum absolute atomic E-state index is 0.0231. The molecule has 1 fully saturated rings. The molecule has 2 atom stereocenters. The van der Waals surface area contributed by atoms with Crippen LogP contribution in [0, 0.1) is 12.8 Å². The van der Waals surface area contributed by atoms with E-state index in [0.717, 1.165) is 18.4 Å². The van der Waals surface area contributed by atoms with Crippen molar-refractivity contribution in [2.24, 2.45) is 5.92 Å². The second-order valence-corrected chi connectivity index (χ2v) is 8.26. The van der Waals surface area contributed by atoms with E-state index in [1.165, 1.54) is 5.57 Å². The Morgan fingerprint density at radius 2 is 1.86 bits per heavy atom. The summed E-state index contributed by atoms with van der Waals surface area (Å²) in [5, 5.41) is 0. The van der Waals surface area contributed by atoms with E-state index in [-0.39, 0.29) is 6.04 Å². The van der Waals surface area contributed by atoms with Crippen LogP contribution in [-0.2, 0) is 10.0 Å². The minimum Gasteiger partial charge on any atom is -0.207 e. The van der Waals surface area contributed by atoms with E-state index in [0.29, 0.717) is 17.4 Å². The summed E-state index contributed by atoms with van der Waals surface area (Å²) in [6.45, 7) is 8.81. The Hall–Kier alpha value is -1.13. The fourth-order valence-electron chi connectivity index (χ4n) is 2.84. The van der Waals surface area contributed by atoms with Gasteiger partial charge in [-0.25, -0.2) is 8.42 Å². The van der Waals surface area contributed by atoms with Crippen molar-refractivity contribution in [3.05, 3.63) is 41.5 Å². The van der Waals surface area contributed by atoms with Crippen molar-refractivity contribution < 1.29 is 8.42 Å². The molecule has 4 heteroatoms. The highest BCUT2D eigenvalue weighted by molar-refractivity contribution is 7.89. The van der Waals surface area contributed by atoms with Crippen LogP contribution in [-0.4, -0.2) is 25.3 Å². The van der Waals surface area contributed by atoms with Crippen molar-refractivity contribution in [3.63, 3.8) is 0 Å². The highest BCUT2D eigenvalue weighted by Gasteiger charge is 2.34. The molecule has 2 rings (SSSR count). The monoisotopic (exact) mass is 307 g/mol. The standard InChI is InChI=1S/C17H25NO2S/c1-13(2)11-16-12-15(4)9-10-18(16)21(19,20)17-7-5-14(3)6-8-17/h5-8,11,15-16H,9-10,12H2,1-4H3/t15-,16+/m1/s1. The molecule has 116 valence electrons. The molecule has 21 heavy (non-hydrogen) atoms. The van der Waals surface area contributed by atoms with Gasteiger partial charge in [0.25, 0.3) is 0 Å². The summed E-state index contributed by atoms with van der Waals surface area (Å²) in [6.07, 6.45) is 3.91. The number of allylic oxidation sites excluding steroid dienone is 1. The molecule has 0 unspecified atom stereocenters. The molecule has 0 saturated carbocycles. The summed E-state index contributed by atoms with van der Waals surface area (Å²) in [4.78, 5) is 0.398. The summed E-state index contributed by atoms with van der Waals surface area (Å²) in [5.74, 6) is 0.565. The van der Waals surface area contributed by atoms with Crippen molar-refractivity contribution in [2.75, 3.05) is 6.54 Å². The Balaban J connectivity index is 2.36. The number of hydrogen-bond acceptors (Lipinski definition) is 2. The van der Waals surface area contributed by atoms with Crippen molar-refractivity contribution >= 4 is 10.0 Å². The molecule has 0 N–H and O–H groups in total. The zero-order valence-electron chi connectivity index (χ0n) is 13.3. The number of sulfonamides is 1. The van der Waals surface area contributed by atoms with E-state index >= 15 is 0 Å². The van der Waals surface area contributed by atoms with E-state index < -0.39 is 10.0 Å². The smallest absolute Gasteiger partial charge is 0.207 e. The molecule has 0 bridgehead atoms. The van der Waals surface area contributed by atoms with Crippen LogP contribution in [0.5, 0.6) is 0 Å². The third-order valence-electron chi connectivity index (χ3n) is 4.01. The van der Waals surface area contributed by atoms with E-state index in [9.17, 15) is 8.42 Å². The van der Waals surface area contributed by atoms with Gasteiger partial charge < -0.3 is 0 Å². The Morgan fingerprint density at radius 1 is 1.24 bits per heavy atom. The van der Waals surface area contributed by atoms with Crippen LogP contribution in [0.3, 0.4) is 0 Å². The minimum atomic E-state index is -3.41. The maximum atomic E-state index is 12.9. The average Bonchev–Trinajstić information content (AvgIpc) is 2.38. The number of benzene rings is 1. The average molecular weight is 307 g/mol. The van der Waals surface area contributed by atoms with Crippen LogP contribution in [0.1, 0.15) is 39.2 Å². The lowest BCUT2D eigenvalue weighted by molar-refractivity contribution is 0.239. The molecular formula is C17H25NO2S. The lowest BCUT2D eigenvalue weighted by atomic mass is 9.93. The lowest BCUT2D eigenvalue weighted by Crippen LogP contribution is -2.44. The lowest BCUT2D eigenvalue weighted by Gasteiger charge is -2.36. The predicted octanol–water partition coefficient (Wildman–Crippen LogP) is 3.75. The summed E-state index contributed by atoms with van der Waals surface area (Å²) >= 11 is 0. The van der Waals surface area contributed by atoms with Gasteiger partial charge in [0.15, 0.2) is 0 Å². The quantitative estimate of drug-likeness (QED) is 0.798. The normalized spacial score (nSPS) is 23.8. The zero-order chi connectivity index (χ0) is 15.6. The molecular weight excluding hydrogens is 282 g/mol. The summed E-state index contributed by atoms with van der Waals surface area (Å²) in [6, 6.07) is 7.11.